The number of sulfone groups is 1. The summed E-state index contributed by atoms with van der Waals surface area (Å²) in [4.78, 5) is 1.81. The van der Waals surface area contributed by atoms with Crippen molar-refractivity contribution < 1.29 is 21.9 Å². The van der Waals surface area contributed by atoms with Gasteiger partial charge in [0.15, 0.2) is 0 Å². The molecule has 0 aromatic heterocycles. The lowest BCUT2D eigenvalue weighted by Crippen LogP contribution is -2.37. The minimum atomic E-state index is -4.52. The number of hydrogen-bond acceptors (Lipinski definition) is 4. The first-order valence-electron chi connectivity index (χ1n) is 7.40. The zero-order valence-corrected chi connectivity index (χ0v) is 13.4. The molecule has 0 spiro atoms. The van der Waals surface area contributed by atoms with E-state index >= 15 is 0 Å². The minimum Gasteiger partial charge on any atom is -0.381 e. The summed E-state index contributed by atoms with van der Waals surface area (Å²) >= 11 is 0. The van der Waals surface area contributed by atoms with E-state index in [9.17, 15) is 17.2 Å². The van der Waals surface area contributed by atoms with Crippen LogP contribution in [0, 0.1) is 5.92 Å². The van der Waals surface area contributed by atoms with Gasteiger partial charge in [0.05, 0.1) is 11.5 Å². The van der Waals surface area contributed by atoms with Crippen LogP contribution in [-0.4, -0.2) is 40.5 Å². The van der Waals surface area contributed by atoms with Crippen molar-refractivity contribution in [3.05, 3.63) is 24.3 Å². The molecule has 2 rings (SSSR count). The zero-order chi connectivity index (χ0) is 16.2. The number of hydrogen-bond donors (Lipinski definition) is 0. The number of benzene rings is 1. The Morgan fingerprint density at radius 3 is 2.59 bits per heavy atom. The number of halogens is 2. The van der Waals surface area contributed by atoms with Crippen molar-refractivity contribution in [2.45, 2.75) is 30.4 Å². The fourth-order valence-corrected chi connectivity index (χ4v) is 3.39. The molecule has 1 heterocycles. The van der Waals surface area contributed by atoms with E-state index in [0.29, 0.717) is 19.1 Å². The van der Waals surface area contributed by atoms with E-state index in [1.165, 1.54) is 12.1 Å². The highest BCUT2D eigenvalue weighted by Gasteiger charge is 2.27. The van der Waals surface area contributed by atoms with E-state index in [0.717, 1.165) is 31.6 Å². The molecule has 1 aliphatic heterocycles. The van der Waals surface area contributed by atoms with E-state index in [2.05, 4.69) is 4.90 Å². The molecule has 4 nitrogen and oxygen atoms in total. The molecule has 1 unspecified atom stereocenters. The lowest BCUT2D eigenvalue weighted by molar-refractivity contribution is 0.104. The van der Waals surface area contributed by atoms with Crippen molar-refractivity contribution in [3.63, 3.8) is 0 Å². The van der Waals surface area contributed by atoms with Crippen molar-refractivity contribution in [1.82, 2.24) is 0 Å². The number of rotatable bonds is 6. The third-order valence-corrected chi connectivity index (χ3v) is 5.24. The summed E-state index contributed by atoms with van der Waals surface area (Å²) in [6.45, 7) is 5.08. The van der Waals surface area contributed by atoms with Crippen LogP contribution in [0.15, 0.2) is 29.2 Å². The topological polar surface area (TPSA) is 46.6 Å². The fraction of sp³-hybridized carbons (Fsp3) is 0.600. The second kappa shape index (κ2) is 7.37. The standard InChI is InChI=1S/C15H21F2NO3S/c1-2-21-11-12-4-3-9-18(10-12)13-5-7-14(8-6-13)22(19,20)15(16)17/h5-8,12,15H,2-4,9-11H2,1H3. The quantitative estimate of drug-likeness (QED) is 0.803. The predicted octanol–water partition coefficient (Wildman–Crippen LogP) is 2.94. The highest BCUT2D eigenvalue weighted by Crippen LogP contribution is 2.26. The van der Waals surface area contributed by atoms with E-state index in [4.69, 9.17) is 4.74 Å². The highest BCUT2D eigenvalue weighted by atomic mass is 32.2. The maximum absolute atomic E-state index is 12.5. The van der Waals surface area contributed by atoms with Gasteiger partial charge in [-0.3, -0.25) is 0 Å². The molecule has 1 aromatic rings. The van der Waals surface area contributed by atoms with E-state index < -0.39 is 15.6 Å². The molecule has 0 radical (unpaired) electrons. The normalized spacial score (nSPS) is 19.6. The van der Waals surface area contributed by atoms with Crippen LogP contribution in [0.2, 0.25) is 0 Å². The Morgan fingerprint density at radius 1 is 1.32 bits per heavy atom. The average Bonchev–Trinajstić information content (AvgIpc) is 2.53. The summed E-state index contributed by atoms with van der Waals surface area (Å²) in [5.74, 6) is -2.94. The van der Waals surface area contributed by atoms with Crippen molar-refractivity contribution in [3.8, 4) is 0 Å². The molecule has 1 aliphatic rings. The van der Waals surface area contributed by atoms with Gasteiger partial charge in [0, 0.05) is 25.4 Å². The molecule has 1 atom stereocenters. The summed E-state index contributed by atoms with van der Waals surface area (Å²) in [5.41, 5.74) is 0.856. The lowest BCUT2D eigenvalue weighted by atomic mass is 9.98. The summed E-state index contributed by atoms with van der Waals surface area (Å²) in [6.07, 6.45) is 2.14. The van der Waals surface area contributed by atoms with E-state index in [1.54, 1.807) is 12.1 Å². The van der Waals surface area contributed by atoms with Crippen LogP contribution in [0.25, 0.3) is 0 Å². The molecule has 0 aliphatic carbocycles. The molecule has 1 fully saturated rings. The van der Waals surface area contributed by atoms with Gasteiger partial charge >= 0.3 is 5.76 Å². The van der Waals surface area contributed by atoms with Crippen LogP contribution in [0.1, 0.15) is 19.8 Å². The van der Waals surface area contributed by atoms with Gasteiger partial charge in [-0.05, 0) is 49.9 Å². The molecule has 0 saturated carbocycles. The zero-order valence-electron chi connectivity index (χ0n) is 12.5. The van der Waals surface area contributed by atoms with Gasteiger partial charge in [-0.1, -0.05) is 0 Å². The van der Waals surface area contributed by atoms with Gasteiger partial charge in [-0.25, -0.2) is 8.42 Å². The second-order valence-corrected chi connectivity index (χ2v) is 7.33. The number of alkyl halides is 2. The van der Waals surface area contributed by atoms with Gasteiger partial charge in [0.1, 0.15) is 0 Å². The maximum atomic E-state index is 12.5. The molecular weight excluding hydrogens is 312 g/mol. The number of anilines is 1. The van der Waals surface area contributed by atoms with Crippen LogP contribution in [0.3, 0.4) is 0 Å². The SMILES string of the molecule is CCOCC1CCCN(c2ccc(S(=O)(=O)C(F)F)cc2)C1. The molecule has 0 amide bonds. The summed E-state index contributed by atoms with van der Waals surface area (Å²) in [6, 6.07) is 5.70. The first-order valence-corrected chi connectivity index (χ1v) is 8.94. The number of piperidine rings is 1. The Hall–Kier alpha value is -1.21. The Labute approximate surface area is 130 Å². The van der Waals surface area contributed by atoms with Crippen molar-refractivity contribution in [1.29, 1.82) is 0 Å². The monoisotopic (exact) mass is 333 g/mol. The number of nitrogens with zero attached hydrogens (tertiary/aromatic N) is 1. The Morgan fingerprint density at radius 2 is 2.00 bits per heavy atom. The lowest BCUT2D eigenvalue weighted by Gasteiger charge is -2.34. The first-order chi connectivity index (χ1) is 10.4. The van der Waals surface area contributed by atoms with Crippen LogP contribution in [-0.2, 0) is 14.6 Å². The average molecular weight is 333 g/mol. The van der Waals surface area contributed by atoms with Crippen molar-refractivity contribution in [2.75, 3.05) is 31.2 Å². The van der Waals surface area contributed by atoms with Gasteiger partial charge in [-0.15, -0.1) is 0 Å². The molecule has 124 valence electrons. The molecule has 1 saturated heterocycles. The Balaban J connectivity index is 2.07. The first kappa shape index (κ1) is 17.1. The van der Waals surface area contributed by atoms with Gasteiger partial charge in [0.2, 0.25) is 9.84 Å². The largest absolute Gasteiger partial charge is 0.381 e. The second-order valence-electron chi connectivity index (χ2n) is 5.41. The summed E-state index contributed by atoms with van der Waals surface area (Å²) in [5, 5.41) is 0. The number of ether oxygens (including phenoxy) is 1. The summed E-state index contributed by atoms with van der Waals surface area (Å²) in [7, 11) is -4.52. The molecule has 22 heavy (non-hydrogen) atoms. The van der Waals surface area contributed by atoms with E-state index in [-0.39, 0.29) is 4.90 Å². The highest BCUT2D eigenvalue weighted by molar-refractivity contribution is 7.91. The van der Waals surface area contributed by atoms with Crippen LogP contribution in [0.4, 0.5) is 14.5 Å². The third-order valence-electron chi connectivity index (χ3n) is 3.84. The van der Waals surface area contributed by atoms with Crippen molar-refractivity contribution >= 4 is 15.5 Å². The molecule has 1 aromatic carbocycles. The van der Waals surface area contributed by atoms with Crippen LogP contribution in [0.5, 0.6) is 0 Å². The van der Waals surface area contributed by atoms with Gasteiger partial charge in [0.25, 0.3) is 0 Å². The van der Waals surface area contributed by atoms with Crippen LogP contribution >= 0.6 is 0 Å². The van der Waals surface area contributed by atoms with E-state index in [1.807, 2.05) is 6.92 Å². The Kier molecular flexibility index (Phi) is 5.74. The van der Waals surface area contributed by atoms with Crippen LogP contribution < -0.4 is 4.90 Å². The fourth-order valence-electron chi connectivity index (χ4n) is 2.67. The molecular formula is C15H21F2NO3S. The predicted molar refractivity (Wildman–Crippen MR) is 81.1 cm³/mol. The maximum Gasteiger partial charge on any atom is 0.341 e. The molecule has 0 N–H and O–H groups in total. The molecule has 7 heteroatoms. The summed E-state index contributed by atoms with van der Waals surface area (Å²) < 4.78 is 53.3. The smallest absolute Gasteiger partial charge is 0.341 e. The van der Waals surface area contributed by atoms with Gasteiger partial charge in [-0.2, -0.15) is 8.78 Å². The third kappa shape index (κ3) is 3.95. The Bertz CT molecular complexity index is 575. The molecule has 0 bridgehead atoms. The van der Waals surface area contributed by atoms with Gasteiger partial charge < -0.3 is 9.64 Å². The minimum absolute atomic E-state index is 0.339. The van der Waals surface area contributed by atoms with Crippen molar-refractivity contribution in [2.24, 2.45) is 5.92 Å².